The maximum absolute atomic E-state index is 11.9. The SMILES string of the molecule is Cc1cccc(OCCC(=O)N(C)CC(C)C(=O)O)c1C. The number of ether oxygens (including phenoxy) is 1. The Morgan fingerprint density at radius 3 is 2.62 bits per heavy atom. The number of carboxylic acid groups (broad SMARTS) is 1. The summed E-state index contributed by atoms with van der Waals surface area (Å²) in [5.41, 5.74) is 2.21. The van der Waals surface area contributed by atoms with Gasteiger partial charge in [0, 0.05) is 13.6 Å². The average Bonchev–Trinajstić information content (AvgIpc) is 2.43. The highest BCUT2D eigenvalue weighted by Gasteiger charge is 2.17. The Bertz CT molecular complexity index is 513. The van der Waals surface area contributed by atoms with Gasteiger partial charge in [0.15, 0.2) is 0 Å². The first-order valence-electron chi connectivity index (χ1n) is 6.98. The average molecular weight is 293 g/mol. The zero-order chi connectivity index (χ0) is 16.0. The van der Waals surface area contributed by atoms with Crippen molar-refractivity contribution in [2.45, 2.75) is 27.2 Å². The van der Waals surface area contributed by atoms with Gasteiger partial charge in [-0.05, 0) is 31.0 Å². The Morgan fingerprint density at radius 1 is 1.33 bits per heavy atom. The Morgan fingerprint density at radius 2 is 2.00 bits per heavy atom. The maximum Gasteiger partial charge on any atom is 0.308 e. The van der Waals surface area contributed by atoms with Gasteiger partial charge in [0.2, 0.25) is 5.91 Å². The predicted molar refractivity (Wildman–Crippen MR) is 80.5 cm³/mol. The van der Waals surface area contributed by atoms with E-state index in [1.54, 1.807) is 14.0 Å². The third-order valence-corrected chi connectivity index (χ3v) is 3.52. The molecule has 5 nitrogen and oxygen atoms in total. The van der Waals surface area contributed by atoms with Crippen LogP contribution in [0.5, 0.6) is 5.75 Å². The van der Waals surface area contributed by atoms with Crippen LogP contribution in [0.4, 0.5) is 0 Å². The van der Waals surface area contributed by atoms with Crippen LogP contribution in [0.2, 0.25) is 0 Å². The minimum Gasteiger partial charge on any atom is -0.493 e. The first-order valence-corrected chi connectivity index (χ1v) is 6.98. The Kier molecular flexibility index (Phi) is 6.21. The molecule has 0 saturated heterocycles. The Hall–Kier alpha value is -2.04. The summed E-state index contributed by atoms with van der Waals surface area (Å²) in [6, 6.07) is 5.80. The van der Waals surface area contributed by atoms with Gasteiger partial charge in [0.05, 0.1) is 18.9 Å². The van der Waals surface area contributed by atoms with E-state index in [2.05, 4.69) is 0 Å². The second-order valence-electron chi connectivity index (χ2n) is 5.31. The molecule has 0 aliphatic rings. The van der Waals surface area contributed by atoms with Gasteiger partial charge in [0.25, 0.3) is 0 Å². The van der Waals surface area contributed by atoms with Gasteiger partial charge in [-0.15, -0.1) is 0 Å². The molecule has 1 rings (SSSR count). The van der Waals surface area contributed by atoms with Gasteiger partial charge in [-0.1, -0.05) is 19.1 Å². The van der Waals surface area contributed by atoms with Crippen LogP contribution in [0.15, 0.2) is 18.2 Å². The van der Waals surface area contributed by atoms with Crippen molar-refractivity contribution < 1.29 is 19.4 Å². The number of aliphatic carboxylic acids is 1. The molecule has 0 saturated carbocycles. The summed E-state index contributed by atoms with van der Waals surface area (Å²) in [7, 11) is 1.61. The molecule has 0 heterocycles. The quantitative estimate of drug-likeness (QED) is 0.837. The van der Waals surface area contributed by atoms with Gasteiger partial charge in [-0.2, -0.15) is 0 Å². The molecule has 1 atom stereocenters. The van der Waals surface area contributed by atoms with Gasteiger partial charge in [-0.25, -0.2) is 0 Å². The molecule has 1 amide bonds. The van der Waals surface area contributed by atoms with E-state index in [1.165, 1.54) is 4.90 Å². The number of amides is 1. The third-order valence-electron chi connectivity index (χ3n) is 3.52. The highest BCUT2D eigenvalue weighted by molar-refractivity contribution is 5.77. The molecule has 116 valence electrons. The van der Waals surface area contributed by atoms with Crippen LogP contribution in [-0.2, 0) is 9.59 Å². The van der Waals surface area contributed by atoms with Crippen LogP contribution in [0.1, 0.15) is 24.5 Å². The summed E-state index contributed by atoms with van der Waals surface area (Å²) in [4.78, 5) is 24.1. The van der Waals surface area contributed by atoms with Crippen LogP contribution in [0, 0.1) is 19.8 Å². The van der Waals surface area contributed by atoms with Crippen molar-refractivity contribution in [1.82, 2.24) is 4.90 Å². The Balaban J connectivity index is 2.43. The molecular weight excluding hydrogens is 270 g/mol. The first kappa shape index (κ1) is 17.0. The summed E-state index contributed by atoms with van der Waals surface area (Å²) >= 11 is 0. The third kappa shape index (κ3) is 5.10. The summed E-state index contributed by atoms with van der Waals surface area (Å²) in [5, 5.41) is 8.83. The molecule has 1 N–H and O–H groups in total. The van der Waals surface area contributed by atoms with E-state index < -0.39 is 11.9 Å². The van der Waals surface area contributed by atoms with Crippen molar-refractivity contribution in [3.63, 3.8) is 0 Å². The van der Waals surface area contributed by atoms with Crippen molar-refractivity contribution in [3.8, 4) is 5.75 Å². The molecule has 21 heavy (non-hydrogen) atoms. The second-order valence-corrected chi connectivity index (χ2v) is 5.31. The largest absolute Gasteiger partial charge is 0.493 e. The van der Waals surface area contributed by atoms with E-state index in [9.17, 15) is 9.59 Å². The molecule has 0 bridgehead atoms. The smallest absolute Gasteiger partial charge is 0.308 e. The number of rotatable bonds is 7. The minimum atomic E-state index is -0.902. The van der Waals surface area contributed by atoms with Crippen molar-refractivity contribution in [2.24, 2.45) is 5.92 Å². The fourth-order valence-corrected chi connectivity index (χ4v) is 1.91. The second kappa shape index (κ2) is 7.67. The fraction of sp³-hybridized carbons (Fsp3) is 0.500. The number of carbonyl (C=O) groups excluding carboxylic acids is 1. The highest BCUT2D eigenvalue weighted by atomic mass is 16.5. The lowest BCUT2D eigenvalue weighted by Crippen LogP contribution is -2.34. The predicted octanol–water partition coefficient (Wildman–Crippen LogP) is 2.25. The van der Waals surface area contributed by atoms with Gasteiger partial charge < -0.3 is 14.7 Å². The van der Waals surface area contributed by atoms with E-state index in [0.717, 1.165) is 16.9 Å². The van der Waals surface area contributed by atoms with Crippen molar-refractivity contribution >= 4 is 11.9 Å². The van der Waals surface area contributed by atoms with E-state index >= 15 is 0 Å². The number of carboxylic acids is 1. The van der Waals surface area contributed by atoms with Crippen molar-refractivity contribution in [2.75, 3.05) is 20.2 Å². The molecule has 1 unspecified atom stereocenters. The topological polar surface area (TPSA) is 66.8 Å². The van der Waals surface area contributed by atoms with Crippen LogP contribution >= 0.6 is 0 Å². The van der Waals surface area contributed by atoms with Crippen LogP contribution in [-0.4, -0.2) is 42.1 Å². The van der Waals surface area contributed by atoms with Gasteiger partial charge in [0.1, 0.15) is 5.75 Å². The zero-order valence-electron chi connectivity index (χ0n) is 13.0. The molecule has 0 radical (unpaired) electrons. The summed E-state index contributed by atoms with van der Waals surface area (Å²) in [5.74, 6) is -0.807. The van der Waals surface area contributed by atoms with E-state index in [0.29, 0.717) is 0 Å². The van der Waals surface area contributed by atoms with E-state index in [-0.39, 0.29) is 25.5 Å². The monoisotopic (exact) mass is 293 g/mol. The molecule has 5 heteroatoms. The summed E-state index contributed by atoms with van der Waals surface area (Å²) in [6.45, 7) is 6.06. The molecule has 0 fully saturated rings. The molecule has 1 aromatic rings. The number of aryl methyl sites for hydroxylation is 1. The first-order chi connectivity index (χ1) is 9.82. The summed E-state index contributed by atoms with van der Waals surface area (Å²) < 4.78 is 5.63. The molecule has 0 aliphatic heterocycles. The molecular formula is C16H23NO4. The standard InChI is InChI=1S/C16H23NO4/c1-11-6-5-7-14(13(11)3)21-9-8-15(18)17(4)10-12(2)16(19)20/h5-7,12H,8-10H2,1-4H3,(H,19,20). The lowest BCUT2D eigenvalue weighted by molar-refractivity contribution is -0.142. The van der Waals surface area contributed by atoms with Crippen LogP contribution in [0.25, 0.3) is 0 Å². The van der Waals surface area contributed by atoms with Crippen LogP contribution < -0.4 is 4.74 Å². The number of hydrogen-bond donors (Lipinski definition) is 1. The number of carbonyl (C=O) groups is 2. The zero-order valence-corrected chi connectivity index (χ0v) is 13.0. The van der Waals surface area contributed by atoms with E-state index in [1.807, 2.05) is 32.0 Å². The highest BCUT2D eigenvalue weighted by Crippen LogP contribution is 2.20. The molecule has 0 spiro atoms. The maximum atomic E-state index is 11.9. The van der Waals surface area contributed by atoms with Crippen molar-refractivity contribution in [3.05, 3.63) is 29.3 Å². The van der Waals surface area contributed by atoms with E-state index in [4.69, 9.17) is 9.84 Å². The normalized spacial score (nSPS) is 11.8. The number of benzene rings is 1. The molecule has 1 aromatic carbocycles. The van der Waals surface area contributed by atoms with Crippen LogP contribution in [0.3, 0.4) is 0 Å². The van der Waals surface area contributed by atoms with Crippen molar-refractivity contribution in [1.29, 1.82) is 0 Å². The Labute approximate surface area is 125 Å². The molecule has 0 aromatic heterocycles. The summed E-state index contributed by atoms with van der Waals surface area (Å²) in [6.07, 6.45) is 0.232. The van der Waals surface area contributed by atoms with Gasteiger partial charge >= 0.3 is 5.97 Å². The number of nitrogens with zero attached hydrogens (tertiary/aromatic N) is 1. The van der Waals surface area contributed by atoms with Gasteiger partial charge in [-0.3, -0.25) is 9.59 Å². The molecule has 0 aliphatic carbocycles. The lowest BCUT2D eigenvalue weighted by atomic mass is 10.1. The fourth-order valence-electron chi connectivity index (χ4n) is 1.91. The number of hydrogen-bond acceptors (Lipinski definition) is 3. The lowest BCUT2D eigenvalue weighted by Gasteiger charge is -2.19. The minimum absolute atomic E-state index is 0.117.